The average molecular weight is 423 g/mol. The van der Waals surface area contributed by atoms with E-state index in [0.717, 1.165) is 26.9 Å². The SMILES string of the molecule is O=C(Cc1ccc(Br)cc1)NN=Cc1cccc(OCc2ccccc2)c1. The first-order chi connectivity index (χ1) is 13.2. The summed E-state index contributed by atoms with van der Waals surface area (Å²) in [5.41, 5.74) is 5.44. The van der Waals surface area contributed by atoms with Crippen LogP contribution < -0.4 is 10.2 Å². The van der Waals surface area contributed by atoms with E-state index in [-0.39, 0.29) is 12.3 Å². The highest BCUT2D eigenvalue weighted by molar-refractivity contribution is 9.10. The van der Waals surface area contributed by atoms with Gasteiger partial charge in [0.25, 0.3) is 0 Å². The van der Waals surface area contributed by atoms with Gasteiger partial charge in [-0.25, -0.2) is 5.43 Å². The van der Waals surface area contributed by atoms with Crippen LogP contribution in [0.1, 0.15) is 16.7 Å². The molecule has 0 radical (unpaired) electrons. The molecule has 0 aromatic heterocycles. The lowest BCUT2D eigenvalue weighted by Gasteiger charge is -2.06. The molecule has 0 heterocycles. The zero-order valence-electron chi connectivity index (χ0n) is 14.6. The van der Waals surface area contributed by atoms with Crippen molar-refractivity contribution in [2.75, 3.05) is 0 Å². The first kappa shape index (κ1) is 18.9. The monoisotopic (exact) mass is 422 g/mol. The summed E-state index contributed by atoms with van der Waals surface area (Å²) in [6.07, 6.45) is 1.89. The fourth-order valence-corrected chi connectivity index (χ4v) is 2.70. The minimum atomic E-state index is -0.162. The summed E-state index contributed by atoms with van der Waals surface area (Å²) < 4.78 is 6.78. The van der Waals surface area contributed by atoms with Crippen LogP contribution in [0.3, 0.4) is 0 Å². The Morgan fingerprint density at radius 1 is 0.963 bits per heavy atom. The molecule has 27 heavy (non-hydrogen) atoms. The maximum atomic E-state index is 12.0. The highest BCUT2D eigenvalue weighted by atomic mass is 79.9. The zero-order chi connectivity index (χ0) is 18.9. The molecular weight excluding hydrogens is 404 g/mol. The number of carbonyl (C=O) groups excluding carboxylic acids is 1. The number of hydrogen-bond acceptors (Lipinski definition) is 3. The van der Waals surface area contributed by atoms with Gasteiger partial charge in [0.05, 0.1) is 12.6 Å². The molecule has 0 saturated heterocycles. The van der Waals surface area contributed by atoms with Crippen molar-refractivity contribution in [2.24, 2.45) is 5.10 Å². The lowest BCUT2D eigenvalue weighted by molar-refractivity contribution is -0.120. The van der Waals surface area contributed by atoms with Crippen LogP contribution in [0.15, 0.2) is 88.4 Å². The molecule has 0 aliphatic rings. The van der Waals surface area contributed by atoms with Gasteiger partial charge in [-0.1, -0.05) is 70.5 Å². The van der Waals surface area contributed by atoms with Crippen LogP contribution in [0.5, 0.6) is 5.75 Å². The van der Waals surface area contributed by atoms with Crippen LogP contribution in [0.4, 0.5) is 0 Å². The fourth-order valence-electron chi connectivity index (χ4n) is 2.43. The smallest absolute Gasteiger partial charge is 0.244 e. The maximum Gasteiger partial charge on any atom is 0.244 e. The molecule has 3 rings (SSSR count). The van der Waals surface area contributed by atoms with E-state index in [2.05, 4.69) is 26.5 Å². The van der Waals surface area contributed by atoms with Crippen LogP contribution in [-0.2, 0) is 17.8 Å². The summed E-state index contributed by atoms with van der Waals surface area (Å²) in [5, 5.41) is 4.03. The molecule has 0 unspecified atom stereocenters. The number of hydrazone groups is 1. The Hall–Kier alpha value is -2.92. The number of rotatable bonds is 7. The third-order valence-corrected chi connectivity index (χ3v) is 4.32. The molecule has 4 nitrogen and oxygen atoms in total. The van der Waals surface area contributed by atoms with E-state index in [1.165, 1.54) is 0 Å². The average Bonchev–Trinajstić information content (AvgIpc) is 2.69. The Kier molecular flexibility index (Phi) is 6.77. The Morgan fingerprint density at radius 2 is 1.74 bits per heavy atom. The normalized spacial score (nSPS) is 10.7. The number of nitrogens with zero attached hydrogens (tertiary/aromatic N) is 1. The number of nitrogens with one attached hydrogen (secondary N) is 1. The molecule has 0 aliphatic carbocycles. The topological polar surface area (TPSA) is 50.7 Å². The summed E-state index contributed by atoms with van der Waals surface area (Å²) >= 11 is 3.38. The van der Waals surface area contributed by atoms with Crippen molar-refractivity contribution in [3.63, 3.8) is 0 Å². The van der Waals surface area contributed by atoms with Gasteiger partial charge in [-0.05, 0) is 41.0 Å². The first-order valence-corrected chi connectivity index (χ1v) is 9.31. The zero-order valence-corrected chi connectivity index (χ0v) is 16.2. The Bertz CT molecular complexity index is 909. The lowest BCUT2D eigenvalue weighted by Crippen LogP contribution is -2.19. The summed E-state index contributed by atoms with van der Waals surface area (Å²) in [5.74, 6) is 0.592. The van der Waals surface area contributed by atoms with Gasteiger partial charge in [-0.15, -0.1) is 0 Å². The highest BCUT2D eigenvalue weighted by Gasteiger charge is 2.02. The van der Waals surface area contributed by atoms with E-state index in [0.29, 0.717) is 6.61 Å². The van der Waals surface area contributed by atoms with Gasteiger partial charge >= 0.3 is 0 Å². The molecule has 0 aliphatic heterocycles. The summed E-state index contributed by atoms with van der Waals surface area (Å²) in [4.78, 5) is 12.0. The lowest BCUT2D eigenvalue weighted by atomic mass is 10.1. The molecule has 1 N–H and O–H groups in total. The van der Waals surface area contributed by atoms with Gasteiger partial charge in [0, 0.05) is 4.47 Å². The van der Waals surface area contributed by atoms with Crippen LogP contribution in [0, 0.1) is 0 Å². The van der Waals surface area contributed by atoms with Gasteiger partial charge in [-0.3, -0.25) is 4.79 Å². The Balaban J connectivity index is 1.51. The summed E-state index contributed by atoms with van der Waals surface area (Å²) in [6, 6.07) is 25.2. The standard InChI is InChI=1S/C22H19BrN2O2/c23-20-11-9-17(10-12-20)14-22(26)25-24-15-19-7-4-8-21(13-19)27-16-18-5-2-1-3-6-18/h1-13,15H,14,16H2,(H,25,26). The summed E-state index contributed by atoms with van der Waals surface area (Å²) in [6.45, 7) is 0.505. The number of ether oxygens (including phenoxy) is 1. The van der Waals surface area contributed by atoms with Crippen LogP contribution in [0.25, 0.3) is 0 Å². The van der Waals surface area contributed by atoms with Crippen LogP contribution in [0.2, 0.25) is 0 Å². The predicted octanol–water partition coefficient (Wildman–Crippen LogP) is 4.72. The number of hydrogen-bond donors (Lipinski definition) is 1. The minimum Gasteiger partial charge on any atom is -0.489 e. The second-order valence-corrected chi connectivity index (χ2v) is 6.86. The van der Waals surface area contributed by atoms with Crippen molar-refractivity contribution in [1.29, 1.82) is 0 Å². The molecule has 3 aromatic carbocycles. The fraction of sp³-hybridized carbons (Fsp3) is 0.0909. The Morgan fingerprint density at radius 3 is 2.52 bits per heavy atom. The molecule has 136 valence electrons. The van der Waals surface area contributed by atoms with E-state index >= 15 is 0 Å². The van der Waals surface area contributed by atoms with Gasteiger partial charge < -0.3 is 4.74 Å². The van der Waals surface area contributed by atoms with Crippen molar-refractivity contribution in [1.82, 2.24) is 5.43 Å². The van der Waals surface area contributed by atoms with Crippen molar-refractivity contribution >= 4 is 28.1 Å². The third kappa shape index (κ3) is 6.38. The predicted molar refractivity (Wildman–Crippen MR) is 111 cm³/mol. The van der Waals surface area contributed by atoms with E-state index in [1.54, 1.807) is 6.21 Å². The van der Waals surface area contributed by atoms with E-state index in [4.69, 9.17) is 4.74 Å². The highest BCUT2D eigenvalue weighted by Crippen LogP contribution is 2.14. The molecule has 0 bridgehead atoms. The second kappa shape index (κ2) is 9.69. The van der Waals surface area contributed by atoms with Gasteiger partial charge in [0.2, 0.25) is 5.91 Å². The first-order valence-electron chi connectivity index (χ1n) is 8.52. The molecule has 3 aromatic rings. The summed E-state index contributed by atoms with van der Waals surface area (Å²) in [7, 11) is 0. The van der Waals surface area contributed by atoms with Crippen molar-refractivity contribution in [3.8, 4) is 5.75 Å². The van der Waals surface area contributed by atoms with Crippen LogP contribution >= 0.6 is 15.9 Å². The molecule has 5 heteroatoms. The maximum absolute atomic E-state index is 12.0. The minimum absolute atomic E-state index is 0.162. The molecule has 0 saturated carbocycles. The van der Waals surface area contributed by atoms with Crippen molar-refractivity contribution in [2.45, 2.75) is 13.0 Å². The van der Waals surface area contributed by atoms with Gasteiger partial charge in [0.1, 0.15) is 12.4 Å². The molecular formula is C22H19BrN2O2. The number of halogens is 1. The Labute approximate surface area is 167 Å². The van der Waals surface area contributed by atoms with E-state index in [1.807, 2.05) is 78.9 Å². The van der Waals surface area contributed by atoms with Crippen molar-refractivity contribution in [3.05, 3.63) is 100 Å². The largest absolute Gasteiger partial charge is 0.489 e. The van der Waals surface area contributed by atoms with Gasteiger partial charge in [0.15, 0.2) is 0 Å². The molecule has 1 amide bonds. The molecule has 0 spiro atoms. The van der Waals surface area contributed by atoms with Crippen LogP contribution in [-0.4, -0.2) is 12.1 Å². The molecule has 0 fully saturated rings. The number of carbonyl (C=O) groups is 1. The molecule has 0 atom stereocenters. The van der Waals surface area contributed by atoms with E-state index < -0.39 is 0 Å². The van der Waals surface area contributed by atoms with Crippen molar-refractivity contribution < 1.29 is 9.53 Å². The quantitative estimate of drug-likeness (QED) is 0.442. The number of benzene rings is 3. The van der Waals surface area contributed by atoms with Gasteiger partial charge in [-0.2, -0.15) is 5.10 Å². The third-order valence-electron chi connectivity index (χ3n) is 3.79. The second-order valence-electron chi connectivity index (χ2n) is 5.94. The number of amides is 1. The van der Waals surface area contributed by atoms with E-state index in [9.17, 15) is 4.79 Å².